The minimum absolute atomic E-state index is 0.0326. The second-order valence-electron chi connectivity index (χ2n) is 6.90. The number of rotatable bonds is 15. The van der Waals surface area contributed by atoms with Gasteiger partial charge in [-0.3, -0.25) is 10.1 Å². The van der Waals surface area contributed by atoms with Gasteiger partial charge in [0, 0.05) is 12.1 Å². The maximum absolute atomic E-state index is 10.9. The van der Waals surface area contributed by atoms with Gasteiger partial charge in [-0.25, -0.2) is 4.79 Å². The largest absolute Gasteiger partial charge is 0.494 e. The fourth-order valence-corrected chi connectivity index (χ4v) is 3.05. The molecule has 1 aromatic carbocycles. The van der Waals surface area contributed by atoms with Crippen molar-refractivity contribution in [3.05, 3.63) is 34.4 Å². The third kappa shape index (κ3) is 9.94. The van der Waals surface area contributed by atoms with Crippen molar-refractivity contribution in [1.29, 1.82) is 0 Å². The number of aliphatic carboxylic acids is 1. The van der Waals surface area contributed by atoms with E-state index in [1.165, 1.54) is 18.6 Å². The lowest BCUT2D eigenvalue weighted by molar-refractivity contribution is -0.384. The van der Waals surface area contributed by atoms with Gasteiger partial charge in [-0.2, -0.15) is 0 Å². The number of carbonyl (C=O) groups is 1. The van der Waals surface area contributed by atoms with E-state index < -0.39 is 17.0 Å². The van der Waals surface area contributed by atoms with Crippen molar-refractivity contribution in [3.63, 3.8) is 0 Å². The van der Waals surface area contributed by atoms with Gasteiger partial charge in [0.25, 0.3) is 5.69 Å². The van der Waals surface area contributed by atoms with E-state index in [4.69, 9.17) is 9.84 Å². The lowest BCUT2D eigenvalue weighted by Gasteiger charge is -2.18. The van der Waals surface area contributed by atoms with E-state index in [2.05, 4.69) is 6.92 Å². The first-order chi connectivity index (χ1) is 12.9. The molecule has 0 aromatic heterocycles. The Balaban J connectivity index is 2.31. The normalized spacial score (nSPS) is 13.1. The Morgan fingerprint density at radius 1 is 1.11 bits per heavy atom. The van der Waals surface area contributed by atoms with Crippen LogP contribution in [0.2, 0.25) is 0 Å². The van der Waals surface area contributed by atoms with Crippen molar-refractivity contribution in [2.24, 2.45) is 5.92 Å². The summed E-state index contributed by atoms with van der Waals surface area (Å²) >= 11 is 0. The zero-order chi connectivity index (χ0) is 20.1. The summed E-state index contributed by atoms with van der Waals surface area (Å²) in [6, 6.07) is 5.99. The van der Waals surface area contributed by atoms with Gasteiger partial charge in [-0.1, -0.05) is 45.4 Å². The molecule has 27 heavy (non-hydrogen) atoms. The first-order valence-electron chi connectivity index (χ1n) is 9.72. The first kappa shape index (κ1) is 22.9. The Kier molecular flexibility index (Phi) is 11.1. The summed E-state index contributed by atoms with van der Waals surface area (Å²) in [7, 11) is 0. The average molecular weight is 381 g/mol. The zero-order valence-electron chi connectivity index (χ0n) is 16.0. The number of hydrogen-bond acceptors (Lipinski definition) is 5. The number of nitrogens with zero attached hydrogens (tertiary/aromatic N) is 1. The summed E-state index contributed by atoms with van der Waals surface area (Å²) in [5, 5.41) is 29.2. The van der Waals surface area contributed by atoms with Crippen molar-refractivity contribution >= 4 is 11.7 Å². The average Bonchev–Trinajstić information content (AvgIpc) is 2.64. The minimum Gasteiger partial charge on any atom is -0.494 e. The van der Waals surface area contributed by atoms with Crippen molar-refractivity contribution in [2.45, 2.75) is 70.8 Å². The zero-order valence-corrected chi connectivity index (χ0v) is 16.0. The predicted octanol–water partition coefficient (Wildman–Crippen LogP) is 4.57. The molecular weight excluding hydrogens is 350 g/mol. The van der Waals surface area contributed by atoms with Crippen molar-refractivity contribution in [1.82, 2.24) is 0 Å². The number of hydrogen-bond donors (Lipinski definition) is 2. The molecule has 1 aromatic rings. The number of carboxylic acid groups (broad SMARTS) is 1. The Hall–Kier alpha value is -2.15. The molecule has 0 fully saturated rings. The lowest BCUT2D eigenvalue weighted by atomic mass is 9.90. The fraction of sp³-hybridized carbons (Fsp3) is 0.650. The van der Waals surface area contributed by atoms with Crippen LogP contribution >= 0.6 is 0 Å². The molecule has 0 spiro atoms. The highest BCUT2D eigenvalue weighted by atomic mass is 16.6. The topological polar surface area (TPSA) is 110 Å². The molecule has 0 saturated carbocycles. The van der Waals surface area contributed by atoms with E-state index in [9.17, 15) is 20.0 Å². The van der Waals surface area contributed by atoms with Crippen LogP contribution in [-0.4, -0.2) is 33.8 Å². The van der Waals surface area contributed by atoms with E-state index in [0.717, 1.165) is 44.9 Å². The smallest absolute Gasteiger partial charge is 0.332 e. The second-order valence-corrected chi connectivity index (χ2v) is 6.90. The standard InChI is InChI=1S/C20H31NO6/c1-2-3-4-5-8-16(15-19(22)20(23)24)9-6-7-14-27-18-12-10-17(11-13-18)21(25)26/h10-13,16,19,22H,2-9,14-15H2,1H3,(H,23,24). The number of unbranched alkanes of at least 4 members (excludes halogenated alkanes) is 4. The van der Waals surface area contributed by atoms with Crippen LogP contribution in [0.3, 0.4) is 0 Å². The number of ether oxygens (including phenoxy) is 1. The molecule has 2 N–H and O–H groups in total. The SMILES string of the molecule is CCCCCCC(CCCCOc1ccc([N+](=O)[O-])cc1)CC(O)C(=O)O. The summed E-state index contributed by atoms with van der Waals surface area (Å²) in [6.45, 7) is 2.65. The highest BCUT2D eigenvalue weighted by Gasteiger charge is 2.19. The molecule has 0 bridgehead atoms. The lowest BCUT2D eigenvalue weighted by Crippen LogP contribution is -2.23. The maximum atomic E-state index is 10.9. The second kappa shape index (κ2) is 13.1. The van der Waals surface area contributed by atoms with Crippen molar-refractivity contribution in [3.8, 4) is 5.75 Å². The van der Waals surface area contributed by atoms with Gasteiger partial charge >= 0.3 is 5.97 Å². The number of aliphatic hydroxyl groups is 1. The Labute approximate surface area is 160 Å². The number of benzene rings is 1. The van der Waals surface area contributed by atoms with Crippen LogP contribution in [-0.2, 0) is 4.79 Å². The molecule has 2 atom stereocenters. The summed E-state index contributed by atoms with van der Waals surface area (Å²) < 4.78 is 5.59. The summed E-state index contributed by atoms with van der Waals surface area (Å²) in [6.07, 6.45) is 7.03. The third-order valence-corrected chi connectivity index (χ3v) is 4.63. The Morgan fingerprint density at radius 2 is 1.74 bits per heavy atom. The monoisotopic (exact) mass is 381 g/mol. The molecular formula is C20H31NO6. The van der Waals surface area contributed by atoms with E-state index in [1.54, 1.807) is 12.1 Å². The molecule has 0 radical (unpaired) electrons. The molecule has 0 aliphatic carbocycles. The van der Waals surface area contributed by atoms with Gasteiger partial charge in [-0.15, -0.1) is 0 Å². The first-order valence-corrected chi connectivity index (χ1v) is 9.72. The molecule has 0 amide bonds. The molecule has 0 saturated heterocycles. The van der Waals surface area contributed by atoms with Crippen LogP contribution in [0.1, 0.15) is 64.7 Å². The van der Waals surface area contributed by atoms with Crippen LogP contribution in [0.4, 0.5) is 5.69 Å². The van der Waals surface area contributed by atoms with Crippen LogP contribution in [0.15, 0.2) is 24.3 Å². The van der Waals surface area contributed by atoms with Gasteiger partial charge in [0.2, 0.25) is 0 Å². The van der Waals surface area contributed by atoms with Crippen LogP contribution in [0, 0.1) is 16.0 Å². The van der Waals surface area contributed by atoms with Crippen LogP contribution in [0.25, 0.3) is 0 Å². The molecule has 152 valence electrons. The Morgan fingerprint density at radius 3 is 2.30 bits per heavy atom. The van der Waals surface area contributed by atoms with Crippen molar-refractivity contribution in [2.75, 3.05) is 6.61 Å². The summed E-state index contributed by atoms with van der Waals surface area (Å²) in [4.78, 5) is 21.1. The Bertz CT molecular complexity index is 560. The minimum atomic E-state index is -1.29. The van der Waals surface area contributed by atoms with Gasteiger partial charge < -0.3 is 14.9 Å². The third-order valence-electron chi connectivity index (χ3n) is 4.63. The molecule has 0 aliphatic heterocycles. The molecule has 7 nitrogen and oxygen atoms in total. The van der Waals surface area contributed by atoms with Gasteiger partial charge in [-0.05, 0) is 37.3 Å². The van der Waals surface area contributed by atoms with E-state index in [1.807, 2.05) is 0 Å². The van der Waals surface area contributed by atoms with Crippen LogP contribution < -0.4 is 4.74 Å². The molecule has 0 heterocycles. The predicted molar refractivity (Wildman–Crippen MR) is 103 cm³/mol. The summed E-state index contributed by atoms with van der Waals surface area (Å²) in [5.74, 6) is -0.361. The molecule has 2 unspecified atom stereocenters. The molecule has 0 aliphatic rings. The van der Waals surface area contributed by atoms with Crippen LogP contribution in [0.5, 0.6) is 5.75 Å². The van der Waals surface area contributed by atoms with Gasteiger partial charge in [0.1, 0.15) is 5.75 Å². The number of nitro groups is 1. The van der Waals surface area contributed by atoms with E-state index in [-0.39, 0.29) is 11.6 Å². The number of nitro benzene ring substituents is 1. The number of aliphatic hydroxyl groups excluding tert-OH is 1. The van der Waals surface area contributed by atoms with E-state index >= 15 is 0 Å². The summed E-state index contributed by atoms with van der Waals surface area (Å²) in [5.41, 5.74) is 0.0326. The highest BCUT2D eigenvalue weighted by Crippen LogP contribution is 2.23. The molecule has 1 rings (SSSR count). The number of carboxylic acids is 1. The van der Waals surface area contributed by atoms with Gasteiger partial charge in [0.15, 0.2) is 6.10 Å². The quantitative estimate of drug-likeness (QED) is 0.262. The fourth-order valence-electron chi connectivity index (χ4n) is 3.05. The maximum Gasteiger partial charge on any atom is 0.332 e. The van der Waals surface area contributed by atoms with Gasteiger partial charge in [0.05, 0.1) is 11.5 Å². The highest BCUT2D eigenvalue weighted by molar-refractivity contribution is 5.71. The number of non-ortho nitro benzene ring substituents is 1. The van der Waals surface area contributed by atoms with E-state index in [0.29, 0.717) is 18.8 Å². The van der Waals surface area contributed by atoms with Crippen molar-refractivity contribution < 1.29 is 24.7 Å². The molecule has 7 heteroatoms.